The molecule has 0 saturated carbocycles. The van der Waals surface area contributed by atoms with Gasteiger partial charge in [0.1, 0.15) is 5.82 Å². The molecule has 1 aliphatic rings. The van der Waals surface area contributed by atoms with Gasteiger partial charge >= 0.3 is 0 Å². The largest absolute Gasteiger partial charge is 0.461 e. The number of nitrogens with zero attached hydrogens (tertiary/aromatic N) is 4. The average molecular weight is 367 g/mol. The third-order valence-electron chi connectivity index (χ3n) is 4.69. The van der Waals surface area contributed by atoms with Crippen LogP contribution in [0.2, 0.25) is 0 Å². The van der Waals surface area contributed by atoms with Crippen LogP contribution in [0.5, 0.6) is 0 Å². The molecular weight excluding hydrogens is 346 g/mol. The molecule has 4 heterocycles. The van der Waals surface area contributed by atoms with Gasteiger partial charge in [0, 0.05) is 12.1 Å². The van der Waals surface area contributed by atoms with E-state index in [1.807, 2.05) is 19.1 Å². The Morgan fingerprint density at radius 2 is 2.15 bits per heavy atom. The first kappa shape index (κ1) is 17.4. The Labute approximate surface area is 156 Å². The van der Waals surface area contributed by atoms with Crippen molar-refractivity contribution in [2.24, 2.45) is 5.92 Å². The zero-order valence-electron chi connectivity index (χ0n) is 15.1. The van der Waals surface area contributed by atoms with E-state index in [2.05, 4.69) is 25.3 Å². The predicted octanol–water partition coefficient (Wildman–Crippen LogP) is 2.88. The minimum atomic E-state index is -0.00859. The summed E-state index contributed by atoms with van der Waals surface area (Å²) in [6.07, 6.45) is 4.90. The number of anilines is 1. The molecule has 1 fully saturated rings. The summed E-state index contributed by atoms with van der Waals surface area (Å²) in [6, 6.07) is 7.34. The van der Waals surface area contributed by atoms with E-state index >= 15 is 0 Å². The topological polar surface area (TPSA) is 97.3 Å². The molecule has 0 spiro atoms. The lowest BCUT2D eigenvalue weighted by molar-refractivity contribution is -0.121. The SMILES string of the molecule is Cc1ccc(NC(=O)C2CCN(Cc3nc(-c4ccco4)no3)CC2)nc1. The lowest BCUT2D eigenvalue weighted by atomic mass is 9.96. The highest BCUT2D eigenvalue weighted by Gasteiger charge is 2.26. The molecule has 0 aliphatic carbocycles. The zero-order chi connectivity index (χ0) is 18.6. The highest BCUT2D eigenvalue weighted by Crippen LogP contribution is 2.21. The summed E-state index contributed by atoms with van der Waals surface area (Å²) in [7, 11) is 0. The summed E-state index contributed by atoms with van der Waals surface area (Å²) in [5.74, 6) is 2.21. The lowest BCUT2D eigenvalue weighted by Crippen LogP contribution is -2.37. The number of carbonyl (C=O) groups excluding carboxylic acids is 1. The van der Waals surface area contributed by atoms with Gasteiger partial charge in [-0.05, 0) is 56.6 Å². The van der Waals surface area contributed by atoms with Gasteiger partial charge in [0.15, 0.2) is 5.76 Å². The van der Waals surface area contributed by atoms with E-state index in [1.165, 1.54) is 0 Å². The number of aromatic nitrogens is 3. The van der Waals surface area contributed by atoms with E-state index in [-0.39, 0.29) is 11.8 Å². The van der Waals surface area contributed by atoms with Gasteiger partial charge in [-0.1, -0.05) is 11.2 Å². The highest BCUT2D eigenvalue weighted by atomic mass is 16.5. The van der Waals surface area contributed by atoms with Crippen LogP contribution in [0.4, 0.5) is 5.82 Å². The number of piperidine rings is 1. The number of rotatable bonds is 5. The monoisotopic (exact) mass is 367 g/mol. The van der Waals surface area contributed by atoms with Gasteiger partial charge < -0.3 is 14.3 Å². The second-order valence-electron chi connectivity index (χ2n) is 6.75. The first-order chi connectivity index (χ1) is 13.2. The molecule has 140 valence electrons. The predicted molar refractivity (Wildman–Crippen MR) is 97.6 cm³/mol. The Balaban J connectivity index is 1.27. The van der Waals surface area contributed by atoms with Crippen LogP contribution < -0.4 is 5.32 Å². The number of carbonyl (C=O) groups is 1. The van der Waals surface area contributed by atoms with Crippen LogP contribution in [0.1, 0.15) is 24.3 Å². The Morgan fingerprint density at radius 1 is 1.30 bits per heavy atom. The van der Waals surface area contributed by atoms with E-state index in [0.717, 1.165) is 31.5 Å². The molecule has 1 aliphatic heterocycles. The Bertz CT molecular complexity index is 880. The van der Waals surface area contributed by atoms with Gasteiger partial charge in [0.05, 0.1) is 12.8 Å². The average Bonchev–Trinajstić information content (AvgIpc) is 3.36. The molecule has 1 N–H and O–H groups in total. The number of hydrogen-bond donors (Lipinski definition) is 1. The van der Waals surface area contributed by atoms with E-state index in [9.17, 15) is 4.79 Å². The molecule has 0 unspecified atom stereocenters. The van der Waals surface area contributed by atoms with Crippen LogP contribution in [0, 0.1) is 12.8 Å². The smallest absolute Gasteiger partial charge is 0.241 e. The fraction of sp³-hybridized carbons (Fsp3) is 0.368. The maximum Gasteiger partial charge on any atom is 0.241 e. The van der Waals surface area contributed by atoms with Gasteiger partial charge in [0.2, 0.25) is 17.6 Å². The molecule has 3 aromatic heterocycles. The first-order valence-electron chi connectivity index (χ1n) is 9.00. The van der Waals surface area contributed by atoms with E-state index in [1.54, 1.807) is 24.6 Å². The standard InChI is InChI=1S/C19H21N5O3/c1-13-4-5-16(20-11-13)21-19(25)14-6-8-24(9-7-14)12-17-22-18(23-27-17)15-3-2-10-26-15/h2-5,10-11,14H,6-9,12H2,1H3,(H,20,21,25). The molecule has 27 heavy (non-hydrogen) atoms. The van der Waals surface area contributed by atoms with Gasteiger partial charge in [0.25, 0.3) is 0 Å². The lowest BCUT2D eigenvalue weighted by Gasteiger charge is -2.30. The maximum atomic E-state index is 12.4. The second kappa shape index (κ2) is 7.71. The minimum absolute atomic E-state index is 0.00859. The van der Waals surface area contributed by atoms with Gasteiger partial charge in [-0.2, -0.15) is 4.98 Å². The number of aryl methyl sites for hydroxylation is 1. The molecule has 3 aromatic rings. The van der Waals surface area contributed by atoms with E-state index in [4.69, 9.17) is 8.94 Å². The van der Waals surface area contributed by atoms with Crippen molar-refractivity contribution in [2.75, 3.05) is 18.4 Å². The molecule has 4 rings (SSSR count). The Hall–Kier alpha value is -3.00. The molecule has 8 nitrogen and oxygen atoms in total. The molecular formula is C19H21N5O3. The van der Waals surface area contributed by atoms with Crippen molar-refractivity contribution >= 4 is 11.7 Å². The second-order valence-corrected chi connectivity index (χ2v) is 6.75. The molecule has 1 amide bonds. The fourth-order valence-electron chi connectivity index (χ4n) is 3.14. The van der Waals surface area contributed by atoms with E-state index < -0.39 is 0 Å². The van der Waals surface area contributed by atoms with E-state index in [0.29, 0.717) is 29.8 Å². The third-order valence-corrected chi connectivity index (χ3v) is 4.69. The number of furan rings is 1. The number of likely N-dealkylation sites (tertiary alicyclic amines) is 1. The summed E-state index contributed by atoms with van der Waals surface area (Å²) in [6.45, 7) is 4.15. The molecule has 1 saturated heterocycles. The zero-order valence-corrected chi connectivity index (χ0v) is 15.1. The molecule has 8 heteroatoms. The quantitative estimate of drug-likeness (QED) is 0.740. The minimum Gasteiger partial charge on any atom is -0.461 e. The van der Waals surface area contributed by atoms with Crippen LogP contribution >= 0.6 is 0 Å². The molecule has 0 radical (unpaired) electrons. The van der Waals surface area contributed by atoms with Crippen molar-refractivity contribution in [2.45, 2.75) is 26.3 Å². The van der Waals surface area contributed by atoms with Gasteiger partial charge in [-0.25, -0.2) is 4.98 Å². The number of hydrogen-bond acceptors (Lipinski definition) is 7. The molecule has 0 aromatic carbocycles. The number of amides is 1. The summed E-state index contributed by atoms with van der Waals surface area (Å²) < 4.78 is 10.6. The summed E-state index contributed by atoms with van der Waals surface area (Å²) in [5.41, 5.74) is 1.07. The number of nitrogens with one attached hydrogen (secondary N) is 1. The van der Waals surface area contributed by atoms with Crippen LogP contribution in [0.3, 0.4) is 0 Å². The summed E-state index contributed by atoms with van der Waals surface area (Å²) in [4.78, 5) is 23.2. The van der Waals surface area contributed by atoms with Crippen molar-refractivity contribution < 1.29 is 13.7 Å². The fourth-order valence-corrected chi connectivity index (χ4v) is 3.14. The first-order valence-corrected chi connectivity index (χ1v) is 9.00. The highest BCUT2D eigenvalue weighted by molar-refractivity contribution is 5.91. The maximum absolute atomic E-state index is 12.4. The van der Waals surface area contributed by atoms with Crippen LogP contribution in [0.25, 0.3) is 11.6 Å². The molecule has 0 bridgehead atoms. The number of pyridine rings is 1. The normalized spacial score (nSPS) is 15.7. The van der Waals surface area contributed by atoms with Gasteiger partial charge in [-0.3, -0.25) is 9.69 Å². The van der Waals surface area contributed by atoms with Crippen molar-refractivity contribution in [1.29, 1.82) is 0 Å². The van der Waals surface area contributed by atoms with Crippen LogP contribution in [0.15, 0.2) is 45.7 Å². The van der Waals surface area contributed by atoms with Crippen molar-refractivity contribution in [1.82, 2.24) is 20.0 Å². The van der Waals surface area contributed by atoms with Crippen molar-refractivity contribution in [3.63, 3.8) is 0 Å². The van der Waals surface area contributed by atoms with Crippen molar-refractivity contribution in [3.05, 3.63) is 48.2 Å². The van der Waals surface area contributed by atoms with Gasteiger partial charge in [-0.15, -0.1) is 0 Å². The summed E-state index contributed by atoms with van der Waals surface area (Å²) in [5, 5.41) is 6.85. The summed E-state index contributed by atoms with van der Waals surface area (Å²) >= 11 is 0. The Kier molecular flexibility index (Phi) is 4.97. The van der Waals surface area contributed by atoms with Crippen LogP contribution in [-0.2, 0) is 11.3 Å². The Morgan fingerprint density at radius 3 is 2.85 bits per heavy atom. The van der Waals surface area contributed by atoms with Crippen molar-refractivity contribution in [3.8, 4) is 11.6 Å². The molecule has 0 atom stereocenters. The third kappa shape index (κ3) is 4.22. The van der Waals surface area contributed by atoms with Crippen LogP contribution in [-0.4, -0.2) is 39.0 Å².